The van der Waals surface area contributed by atoms with Crippen molar-refractivity contribution in [2.75, 3.05) is 19.7 Å². The van der Waals surface area contributed by atoms with Crippen LogP contribution in [0.2, 0.25) is 0 Å². The van der Waals surface area contributed by atoms with Gasteiger partial charge in [0.2, 0.25) is 59.1 Å². The molecule has 11 atom stereocenters. The minimum atomic E-state index is -1.76. The van der Waals surface area contributed by atoms with E-state index in [1.165, 1.54) is 18.7 Å². The average molecular weight is 1060 g/mol. The van der Waals surface area contributed by atoms with Gasteiger partial charge < -0.3 is 80.0 Å². The van der Waals surface area contributed by atoms with Gasteiger partial charge in [-0.05, 0) is 89.5 Å². The Hall–Kier alpha value is -6.48. The molecule has 0 spiro atoms. The number of likely N-dealkylation sites (tertiary alicyclic amines) is 1. The molecule has 1 heterocycles. The fourth-order valence-corrected chi connectivity index (χ4v) is 7.73. The van der Waals surface area contributed by atoms with Gasteiger partial charge in [0.05, 0.1) is 12.6 Å². The molecule has 0 aromatic rings. The number of amides is 10. The molecule has 0 radical (unpaired) electrons. The molecule has 1 fully saturated rings. The van der Waals surface area contributed by atoms with Crippen molar-refractivity contribution >= 4 is 71.0 Å². The number of carboxylic acids is 2. The number of hydrogen-bond donors (Lipinski definition) is 14. The van der Waals surface area contributed by atoms with Crippen LogP contribution in [0.3, 0.4) is 0 Å². The van der Waals surface area contributed by atoms with Gasteiger partial charge in [0.15, 0.2) is 0 Å². The molecule has 1 rings (SSSR count). The first-order chi connectivity index (χ1) is 34.6. The number of aliphatic hydroxyl groups excluding tert-OH is 1. The van der Waals surface area contributed by atoms with Crippen molar-refractivity contribution in [1.29, 1.82) is 0 Å². The lowest BCUT2D eigenvalue weighted by molar-refractivity contribution is -0.144. The Morgan fingerprint density at radius 1 is 0.608 bits per heavy atom. The second kappa shape index (κ2) is 32.7. The van der Waals surface area contributed by atoms with Crippen LogP contribution < -0.4 is 59.7 Å². The van der Waals surface area contributed by atoms with E-state index >= 15 is 0 Å². The number of nitrogens with two attached hydrogens (primary N) is 3. The number of carbonyl (C=O) groups is 12. The summed E-state index contributed by atoms with van der Waals surface area (Å²) in [5.41, 5.74) is 16.7. The van der Waals surface area contributed by atoms with E-state index in [9.17, 15) is 67.7 Å². The maximum Gasteiger partial charge on any atom is 0.326 e. The largest absolute Gasteiger partial charge is 0.481 e. The number of aliphatic hydroxyl groups is 1. The molecule has 0 aromatic heterocycles. The zero-order valence-corrected chi connectivity index (χ0v) is 43.8. The van der Waals surface area contributed by atoms with Gasteiger partial charge in [-0.3, -0.25) is 52.7 Å². The molecule has 1 saturated heterocycles. The van der Waals surface area contributed by atoms with Crippen molar-refractivity contribution in [2.24, 2.45) is 35.0 Å². The third kappa shape index (κ3) is 22.3. The van der Waals surface area contributed by atoms with E-state index < -0.39 is 169 Å². The summed E-state index contributed by atoms with van der Waals surface area (Å²) >= 11 is 0. The molecule has 0 saturated carbocycles. The Kier molecular flexibility index (Phi) is 28.9. The highest BCUT2D eigenvalue weighted by Gasteiger charge is 2.41. The molecule has 1 aliphatic heterocycles. The van der Waals surface area contributed by atoms with E-state index in [2.05, 4.69) is 42.5 Å². The van der Waals surface area contributed by atoms with Crippen LogP contribution in [-0.2, 0) is 57.5 Å². The predicted octanol–water partition coefficient (Wildman–Crippen LogP) is -3.69. The normalized spacial score (nSPS) is 17.4. The smallest absolute Gasteiger partial charge is 0.326 e. The summed E-state index contributed by atoms with van der Waals surface area (Å²) in [4.78, 5) is 158. The summed E-state index contributed by atoms with van der Waals surface area (Å²) < 4.78 is 0. The second-order valence-electron chi connectivity index (χ2n) is 19.5. The number of aliphatic carboxylic acids is 2. The second-order valence-corrected chi connectivity index (χ2v) is 19.5. The number of carbonyl (C=O) groups excluding carboxylic acids is 10. The van der Waals surface area contributed by atoms with Gasteiger partial charge in [0.25, 0.3) is 0 Å². The van der Waals surface area contributed by atoms with Crippen LogP contribution in [0.1, 0.15) is 126 Å². The van der Waals surface area contributed by atoms with E-state index in [4.69, 9.17) is 22.3 Å². The average Bonchev–Trinajstić information content (AvgIpc) is 3.82. The Morgan fingerprint density at radius 2 is 1.14 bits per heavy atom. The maximum absolute atomic E-state index is 14.1. The minimum Gasteiger partial charge on any atom is -0.481 e. The highest BCUT2D eigenvalue weighted by Crippen LogP contribution is 2.22. The molecule has 10 amide bonds. The maximum atomic E-state index is 14.1. The fourth-order valence-electron chi connectivity index (χ4n) is 7.73. The van der Waals surface area contributed by atoms with Gasteiger partial charge in [-0.15, -0.1) is 0 Å². The van der Waals surface area contributed by atoms with Crippen LogP contribution in [0.4, 0.5) is 0 Å². The van der Waals surface area contributed by atoms with Gasteiger partial charge >= 0.3 is 11.9 Å². The highest BCUT2D eigenvalue weighted by molar-refractivity contribution is 5.99. The topological polar surface area (TPSA) is 443 Å². The molecule has 0 bridgehead atoms. The third-order valence-electron chi connectivity index (χ3n) is 12.3. The number of hydrogen-bond acceptors (Lipinski definition) is 15. The molecule has 420 valence electrons. The number of carboxylic acid groups (broad SMARTS) is 2. The van der Waals surface area contributed by atoms with E-state index in [1.54, 1.807) is 27.7 Å². The first kappa shape index (κ1) is 65.5. The molecule has 27 nitrogen and oxygen atoms in total. The number of nitrogens with zero attached hydrogens (tertiary/aromatic N) is 1. The van der Waals surface area contributed by atoms with Crippen molar-refractivity contribution in [3.8, 4) is 0 Å². The summed E-state index contributed by atoms with van der Waals surface area (Å²) in [5, 5.41) is 48.2. The van der Waals surface area contributed by atoms with Crippen LogP contribution in [0.15, 0.2) is 0 Å². The number of nitrogens with one attached hydrogen (secondary N) is 8. The summed E-state index contributed by atoms with van der Waals surface area (Å²) in [7, 11) is 0. The third-order valence-corrected chi connectivity index (χ3v) is 12.3. The Balaban J connectivity index is 3.29. The Bertz CT molecular complexity index is 1970. The van der Waals surface area contributed by atoms with Crippen LogP contribution in [0, 0.1) is 17.8 Å². The lowest BCUT2D eigenvalue weighted by Gasteiger charge is -2.33. The number of primary amides is 1. The zero-order valence-electron chi connectivity index (χ0n) is 43.8. The lowest BCUT2D eigenvalue weighted by atomic mass is 9.97. The van der Waals surface area contributed by atoms with Gasteiger partial charge in [0.1, 0.15) is 54.4 Å². The molecule has 0 aliphatic carbocycles. The molecule has 74 heavy (non-hydrogen) atoms. The van der Waals surface area contributed by atoms with E-state index in [-0.39, 0.29) is 51.1 Å². The number of rotatable bonds is 34. The van der Waals surface area contributed by atoms with Gasteiger partial charge in [-0.25, -0.2) is 4.79 Å². The van der Waals surface area contributed by atoms with Crippen LogP contribution in [0.5, 0.6) is 0 Å². The first-order valence-corrected chi connectivity index (χ1v) is 25.1. The Labute approximate surface area is 431 Å². The minimum absolute atomic E-state index is 0.00860. The van der Waals surface area contributed by atoms with Crippen LogP contribution >= 0.6 is 0 Å². The van der Waals surface area contributed by atoms with Crippen LogP contribution in [0.25, 0.3) is 0 Å². The molecule has 17 N–H and O–H groups in total. The summed E-state index contributed by atoms with van der Waals surface area (Å²) in [6.07, 6.45) is -0.114. The highest BCUT2D eigenvalue weighted by atomic mass is 16.4. The van der Waals surface area contributed by atoms with Crippen molar-refractivity contribution in [1.82, 2.24) is 47.4 Å². The predicted molar refractivity (Wildman–Crippen MR) is 266 cm³/mol. The molecule has 27 heteroatoms. The molecular weight excluding hydrogens is 973 g/mol. The first-order valence-electron chi connectivity index (χ1n) is 25.1. The molecule has 1 aliphatic rings. The molecule has 0 unspecified atom stereocenters. The Morgan fingerprint density at radius 3 is 1.65 bits per heavy atom. The quantitative estimate of drug-likeness (QED) is 0.0276. The van der Waals surface area contributed by atoms with E-state index in [0.29, 0.717) is 19.3 Å². The van der Waals surface area contributed by atoms with Crippen molar-refractivity contribution in [2.45, 2.75) is 186 Å². The van der Waals surface area contributed by atoms with E-state index in [0.717, 1.165) is 0 Å². The monoisotopic (exact) mass is 1050 g/mol. The summed E-state index contributed by atoms with van der Waals surface area (Å²) in [5.74, 6) is -12.0. The lowest BCUT2D eigenvalue weighted by Crippen LogP contribution is -2.61. The van der Waals surface area contributed by atoms with E-state index in [1.807, 2.05) is 13.8 Å². The van der Waals surface area contributed by atoms with Crippen molar-refractivity contribution in [3.63, 3.8) is 0 Å². The SMILES string of the molecule is CC[C@H](C)[C@H](NC(=O)[C@@H]1CCCN1C(=O)[C@@H](NC(=O)[C@H](CC(C)C)NC(=O)[C@H](C)N)C(C)C)C(=O)N[C@@H](C)C(=O)N[C@@H](CCC(N)=O)C(=O)N[C@@H](CCCCN)C(=O)N[C@@H](CO)C(=O)N[C@@H](CCC(=O)O)C(=O)O. The standard InChI is InChI=1S/C47H82N12O15/c1-9-25(6)37(58-44(70)33-14-12-20-59(33)46(72)36(24(4)5)57-42(68)31(21-23(2)3)55-38(64)26(7)49)45(71)51-27(8)39(65)52-29(15-17-34(50)61)41(67)53-28(13-10-11-19-48)40(66)56-32(22-60)43(69)54-30(47(73)74)16-18-35(62)63/h23-33,36-37,60H,9-22,48-49H2,1-8H3,(H2,50,61)(H,51,71)(H,52,65)(H,53,67)(H,54,69)(H,55,64)(H,56,66)(H,57,68)(H,58,70)(H,62,63)(H,73,74)/t25-,26-,27-,28-,29-,30-,31-,32-,33-,36-,37-/m0/s1. The van der Waals surface area contributed by atoms with Crippen molar-refractivity contribution < 1.29 is 72.9 Å². The summed E-state index contributed by atoms with van der Waals surface area (Å²) in [6, 6.07) is -13.1. The molecule has 0 aromatic carbocycles. The van der Waals surface area contributed by atoms with Gasteiger partial charge in [0, 0.05) is 19.4 Å². The molecular formula is C47H82N12O15. The van der Waals surface area contributed by atoms with Crippen LogP contribution in [-0.4, -0.2) is 171 Å². The van der Waals surface area contributed by atoms with Crippen molar-refractivity contribution in [3.05, 3.63) is 0 Å². The fraction of sp³-hybridized carbons (Fsp3) is 0.745. The summed E-state index contributed by atoms with van der Waals surface area (Å²) in [6.45, 7) is 12.7. The number of unbranched alkanes of at least 4 members (excludes halogenated alkanes) is 1. The zero-order chi connectivity index (χ0) is 56.6. The van der Waals surface area contributed by atoms with Gasteiger partial charge in [-0.1, -0.05) is 48.0 Å². The van der Waals surface area contributed by atoms with Gasteiger partial charge in [-0.2, -0.15) is 0 Å².